The Morgan fingerprint density at radius 3 is 2.38 bits per heavy atom. The van der Waals surface area contributed by atoms with Gasteiger partial charge in [0.15, 0.2) is 0 Å². The standard InChI is InChI=1S/C12H17O3S/c1-3-4-5-10-15-16(13,14)12-8-6-11(2)7-9-12/h6-9H,1,3-5,10H2,2H3. The zero-order valence-electron chi connectivity index (χ0n) is 9.48. The SMILES string of the molecule is [CH2]CCCCOS(=O)(=O)c1ccc(C)cc1. The van der Waals surface area contributed by atoms with Crippen molar-refractivity contribution in [2.24, 2.45) is 0 Å². The minimum atomic E-state index is -3.58. The Hall–Kier alpha value is -0.870. The lowest BCUT2D eigenvalue weighted by atomic mass is 10.2. The second-order valence-electron chi connectivity index (χ2n) is 3.65. The van der Waals surface area contributed by atoms with E-state index < -0.39 is 10.1 Å². The molecule has 0 aliphatic carbocycles. The van der Waals surface area contributed by atoms with Gasteiger partial charge < -0.3 is 0 Å². The predicted molar refractivity (Wildman–Crippen MR) is 63.5 cm³/mol. The third kappa shape index (κ3) is 3.94. The lowest BCUT2D eigenvalue weighted by Crippen LogP contribution is -2.07. The molecule has 1 aromatic carbocycles. The number of benzene rings is 1. The molecule has 0 saturated carbocycles. The van der Waals surface area contributed by atoms with Crippen LogP contribution in [0, 0.1) is 13.8 Å². The van der Waals surface area contributed by atoms with E-state index in [9.17, 15) is 8.42 Å². The molecule has 0 unspecified atom stereocenters. The van der Waals surface area contributed by atoms with Crippen molar-refractivity contribution in [2.75, 3.05) is 6.61 Å². The molecule has 0 heterocycles. The first kappa shape index (κ1) is 13.2. The zero-order valence-corrected chi connectivity index (χ0v) is 10.3. The van der Waals surface area contributed by atoms with E-state index in [1.807, 2.05) is 6.92 Å². The third-order valence-electron chi connectivity index (χ3n) is 2.19. The van der Waals surface area contributed by atoms with Crippen molar-refractivity contribution in [1.82, 2.24) is 0 Å². The minimum absolute atomic E-state index is 0.215. The van der Waals surface area contributed by atoms with Crippen molar-refractivity contribution in [3.63, 3.8) is 0 Å². The van der Waals surface area contributed by atoms with E-state index >= 15 is 0 Å². The Bertz CT molecular complexity index is 406. The highest BCUT2D eigenvalue weighted by Gasteiger charge is 2.13. The first-order valence-corrected chi connectivity index (χ1v) is 6.72. The molecule has 0 aliphatic heterocycles. The summed E-state index contributed by atoms with van der Waals surface area (Å²) in [6, 6.07) is 6.64. The molecule has 0 aliphatic rings. The van der Waals surface area contributed by atoms with E-state index in [0.29, 0.717) is 6.42 Å². The highest BCUT2D eigenvalue weighted by atomic mass is 32.2. The largest absolute Gasteiger partial charge is 0.296 e. The summed E-state index contributed by atoms with van der Waals surface area (Å²) < 4.78 is 28.2. The monoisotopic (exact) mass is 241 g/mol. The summed E-state index contributed by atoms with van der Waals surface area (Å²) in [5.74, 6) is 0. The Labute approximate surface area is 97.6 Å². The van der Waals surface area contributed by atoms with Crippen molar-refractivity contribution in [1.29, 1.82) is 0 Å². The summed E-state index contributed by atoms with van der Waals surface area (Å²) in [4.78, 5) is 0.215. The van der Waals surface area contributed by atoms with Gasteiger partial charge in [-0.1, -0.05) is 37.5 Å². The number of unbranched alkanes of at least 4 members (excludes halogenated alkanes) is 2. The fourth-order valence-electron chi connectivity index (χ4n) is 1.22. The molecule has 1 aromatic rings. The maximum absolute atomic E-state index is 11.7. The van der Waals surface area contributed by atoms with Crippen LogP contribution in [0.3, 0.4) is 0 Å². The van der Waals surface area contributed by atoms with Crippen LogP contribution in [0.5, 0.6) is 0 Å². The highest BCUT2D eigenvalue weighted by Crippen LogP contribution is 2.13. The summed E-state index contributed by atoms with van der Waals surface area (Å²) in [5, 5.41) is 0. The van der Waals surface area contributed by atoms with Gasteiger partial charge in [-0.3, -0.25) is 4.18 Å². The molecule has 16 heavy (non-hydrogen) atoms. The summed E-state index contributed by atoms with van der Waals surface area (Å²) in [5.41, 5.74) is 1.02. The van der Waals surface area contributed by atoms with Crippen LogP contribution in [0.25, 0.3) is 0 Å². The number of aryl methyl sites for hydroxylation is 1. The van der Waals surface area contributed by atoms with Gasteiger partial charge in [-0.15, -0.1) is 0 Å². The first-order valence-electron chi connectivity index (χ1n) is 5.31. The molecule has 0 amide bonds. The first-order chi connectivity index (χ1) is 7.56. The second-order valence-corrected chi connectivity index (χ2v) is 5.27. The Morgan fingerprint density at radius 2 is 1.81 bits per heavy atom. The Balaban J connectivity index is 2.60. The van der Waals surface area contributed by atoms with E-state index in [1.54, 1.807) is 24.3 Å². The smallest absolute Gasteiger partial charge is 0.266 e. The van der Waals surface area contributed by atoms with Crippen LogP contribution in [-0.4, -0.2) is 15.0 Å². The second kappa shape index (κ2) is 6.01. The van der Waals surface area contributed by atoms with Crippen LogP contribution in [0.2, 0.25) is 0 Å². The fraction of sp³-hybridized carbons (Fsp3) is 0.417. The van der Waals surface area contributed by atoms with Crippen LogP contribution in [-0.2, 0) is 14.3 Å². The number of hydrogen-bond acceptors (Lipinski definition) is 3. The molecule has 3 nitrogen and oxygen atoms in total. The summed E-state index contributed by atoms with van der Waals surface area (Å²) in [6.45, 7) is 5.82. The van der Waals surface area contributed by atoms with Gasteiger partial charge in [0, 0.05) is 0 Å². The number of rotatable bonds is 6. The van der Waals surface area contributed by atoms with Crippen molar-refractivity contribution in [2.45, 2.75) is 31.1 Å². The highest BCUT2D eigenvalue weighted by molar-refractivity contribution is 7.86. The molecule has 89 valence electrons. The summed E-state index contributed by atoms with van der Waals surface area (Å²) >= 11 is 0. The van der Waals surface area contributed by atoms with Gasteiger partial charge in [0.05, 0.1) is 11.5 Å². The quantitative estimate of drug-likeness (QED) is 0.568. The van der Waals surface area contributed by atoms with E-state index in [2.05, 4.69) is 6.92 Å². The van der Waals surface area contributed by atoms with Crippen LogP contribution in [0.4, 0.5) is 0 Å². The molecule has 0 atom stereocenters. The topological polar surface area (TPSA) is 43.4 Å². The summed E-state index contributed by atoms with van der Waals surface area (Å²) in [7, 11) is -3.58. The van der Waals surface area contributed by atoms with Gasteiger partial charge in [0.2, 0.25) is 0 Å². The van der Waals surface area contributed by atoms with Gasteiger partial charge >= 0.3 is 0 Å². The van der Waals surface area contributed by atoms with Crippen LogP contribution in [0.15, 0.2) is 29.2 Å². The van der Waals surface area contributed by atoms with E-state index in [-0.39, 0.29) is 11.5 Å². The van der Waals surface area contributed by atoms with E-state index in [4.69, 9.17) is 4.18 Å². The van der Waals surface area contributed by atoms with E-state index in [1.165, 1.54) is 0 Å². The van der Waals surface area contributed by atoms with Crippen molar-refractivity contribution in [3.8, 4) is 0 Å². The molecular formula is C12H17O3S. The normalized spacial score (nSPS) is 11.6. The molecule has 4 heteroatoms. The predicted octanol–water partition coefficient (Wildman–Crippen LogP) is 2.70. The van der Waals surface area contributed by atoms with Crippen molar-refractivity contribution >= 4 is 10.1 Å². The molecule has 1 radical (unpaired) electrons. The molecule has 0 aromatic heterocycles. The third-order valence-corrected chi connectivity index (χ3v) is 3.52. The summed E-state index contributed by atoms with van der Waals surface area (Å²) in [6.07, 6.45) is 2.39. The zero-order chi connectivity index (χ0) is 12.0. The van der Waals surface area contributed by atoms with Crippen LogP contribution < -0.4 is 0 Å². The molecular weight excluding hydrogens is 224 g/mol. The Kier molecular flexibility index (Phi) is 4.96. The molecule has 0 spiro atoms. The average molecular weight is 241 g/mol. The molecule has 0 N–H and O–H groups in total. The number of hydrogen-bond donors (Lipinski definition) is 0. The average Bonchev–Trinajstić information content (AvgIpc) is 2.25. The van der Waals surface area contributed by atoms with Gasteiger partial charge in [-0.2, -0.15) is 8.42 Å². The lowest BCUT2D eigenvalue weighted by molar-refractivity contribution is 0.309. The van der Waals surface area contributed by atoms with Gasteiger partial charge in [0.1, 0.15) is 0 Å². The minimum Gasteiger partial charge on any atom is -0.266 e. The van der Waals surface area contributed by atoms with Crippen molar-refractivity contribution in [3.05, 3.63) is 36.8 Å². The molecule has 1 rings (SSSR count). The maximum Gasteiger partial charge on any atom is 0.296 e. The van der Waals surface area contributed by atoms with Crippen molar-refractivity contribution < 1.29 is 12.6 Å². The molecule has 0 bridgehead atoms. The fourth-order valence-corrected chi connectivity index (χ4v) is 2.16. The van der Waals surface area contributed by atoms with Gasteiger partial charge in [-0.05, 0) is 25.5 Å². The Morgan fingerprint density at radius 1 is 1.19 bits per heavy atom. The van der Waals surface area contributed by atoms with E-state index in [0.717, 1.165) is 18.4 Å². The molecule has 0 fully saturated rings. The van der Waals surface area contributed by atoms with Gasteiger partial charge in [-0.25, -0.2) is 0 Å². The van der Waals surface area contributed by atoms with Gasteiger partial charge in [0.25, 0.3) is 10.1 Å². The van der Waals surface area contributed by atoms with Crippen LogP contribution >= 0.6 is 0 Å². The lowest BCUT2D eigenvalue weighted by Gasteiger charge is -2.05. The van der Waals surface area contributed by atoms with Crippen LogP contribution in [0.1, 0.15) is 24.8 Å². The maximum atomic E-state index is 11.7. The molecule has 0 saturated heterocycles.